The average Bonchev–Trinajstić information content (AvgIpc) is 3.11. The van der Waals surface area contributed by atoms with Crippen LogP contribution in [0.2, 0.25) is 0 Å². The van der Waals surface area contributed by atoms with Crippen molar-refractivity contribution in [2.75, 3.05) is 0 Å². The smallest absolute Gasteiger partial charge is 0.320 e. The first kappa shape index (κ1) is 14.4. The highest BCUT2D eigenvalue weighted by Crippen LogP contribution is 2.17. The van der Waals surface area contributed by atoms with E-state index < -0.39 is 10.8 Å². The summed E-state index contributed by atoms with van der Waals surface area (Å²) < 4.78 is 1.13. The van der Waals surface area contributed by atoms with Gasteiger partial charge in [0.1, 0.15) is 6.20 Å². The van der Waals surface area contributed by atoms with E-state index in [2.05, 4.69) is 20.6 Å². The molecular formula is C14H12N6O3. The summed E-state index contributed by atoms with van der Waals surface area (Å²) in [5.41, 5.74) is 3.49. The molecule has 0 fully saturated rings. The van der Waals surface area contributed by atoms with Crippen molar-refractivity contribution in [1.82, 2.24) is 20.2 Å². The Bertz CT molecular complexity index is 924. The van der Waals surface area contributed by atoms with Gasteiger partial charge in [0.25, 0.3) is 5.91 Å². The number of aryl methyl sites for hydroxylation is 1. The second-order valence-corrected chi connectivity index (χ2v) is 4.75. The van der Waals surface area contributed by atoms with Gasteiger partial charge in [-0.15, -0.1) is 0 Å². The molecule has 1 aromatic carbocycles. The Balaban J connectivity index is 1.79. The van der Waals surface area contributed by atoms with Crippen LogP contribution in [0.15, 0.2) is 41.8 Å². The van der Waals surface area contributed by atoms with Gasteiger partial charge in [-0.05, 0) is 6.07 Å². The van der Waals surface area contributed by atoms with E-state index in [0.29, 0.717) is 0 Å². The lowest BCUT2D eigenvalue weighted by Crippen LogP contribution is -2.22. The Morgan fingerprint density at radius 3 is 3.04 bits per heavy atom. The number of nitro groups is 1. The summed E-state index contributed by atoms with van der Waals surface area (Å²) in [5, 5.41) is 19.4. The number of hydrazone groups is 1. The van der Waals surface area contributed by atoms with Crippen LogP contribution in [0.4, 0.5) is 5.69 Å². The van der Waals surface area contributed by atoms with Crippen molar-refractivity contribution in [1.29, 1.82) is 0 Å². The number of para-hydroxylation sites is 1. The molecule has 23 heavy (non-hydrogen) atoms. The van der Waals surface area contributed by atoms with Crippen molar-refractivity contribution in [2.24, 2.45) is 12.1 Å². The maximum absolute atomic E-state index is 12.0. The largest absolute Gasteiger partial charge is 0.361 e. The number of carbonyl (C=O) groups excluding carboxylic acids is 1. The van der Waals surface area contributed by atoms with Crippen LogP contribution < -0.4 is 5.43 Å². The molecule has 2 aromatic heterocycles. The lowest BCUT2D eigenvalue weighted by Gasteiger charge is -1.99. The summed E-state index contributed by atoms with van der Waals surface area (Å²) in [6.45, 7) is 0. The van der Waals surface area contributed by atoms with Crippen LogP contribution in [0.1, 0.15) is 16.1 Å². The molecule has 9 heteroatoms. The summed E-state index contributed by atoms with van der Waals surface area (Å²) in [5.74, 6) is -0.701. The number of amides is 1. The van der Waals surface area contributed by atoms with E-state index >= 15 is 0 Å². The lowest BCUT2D eigenvalue weighted by molar-refractivity contribution is -0.385. The van der Waals surface area contributed by atoms with Crippen LogP contribution in [-0.2, 0) is 7.05 Å². The van der Waals surface area contributed by atoms with Crippen LogP contribution in [-0.4, -0.2) is 31.8 Å². The fourth-order valence-electron chi connectivity index (χ4n) is 2.24. The zero-order chi connectivity index (χ0) is 16.4. The predicted molar refractivity (Wildman–Crippen MR) is 83.2 cm³/mol. The standard InChI is InChI=1S/C14H12N6O3/c1-19-13(12(8-17-19)20(22)23)14(21)18-16-7-9-6-15-11-5-3-2-4-10(9)11/h2-8,15H,1H3,(H,18,21)/b16-7-. The number of nitrogens with zero attached hydrogens (tertiary/aromatic N) is 4. The van der Waals surface area contributed by atoms with Crippen molar-refractivity contribution >= 4 is 28.7 Å². The molecule has 0 bridgehead atoms. The number of fused-ring (bicyclic) bond motifs is 1. The van der Waals surface area contributed by atoms with E-state index in [1.807, 2.05) is 24.3 Å². The van der Waals surface area contributed by atoms with Crippen LogP contribution in [0.3, 0.4) is 0 Å². The average molecular weight is 312 g/mol. The molecule has 2 heterocycles. The first-order chi connectivity index (χ1) is 11.1. The molecule has 0 spiro atoms. The highest BCUT2D eigenvalue weighted by molar-refractivity contribution is 6.00. The molecule has 2 N–H and O–H groups in total. The third-order valence-corrected chi connectivity index (χ3v) is 3.32. The van der Waals surface area contributed by atoms with E-state index in [4.69, 9.17) is 0 Å². The van der Waals surface area contributed by atoms with Crippen LogP contribution in [0.5, 0.6) is 0 Å². The van der Waals surface area contributed by atoms with Crippen molar-refractivity contribution in [3.8, 4) is 0 Å². The zero-order valence-electron chi connectivity index (χ0n) is 12.1. The minimum absolute atomic E-state index is 0.161. The Labute approximate surface area is 129 Å². The molecule has 0 aliphatic carbocycles. The van der Waals surface area contributed by atoms with Gasteiger partial charge in [0.05, 0.1) is 11.1 Å². The van der Waals surface area contributed by atoms with Gasteiger partial charge in [-0.2, -0.15) is 10.2 Å². The summed E-state index contributed by atoms with van der Waals surface area (Å²) in [6.07, 6.45) is 4.25. The molecule has 9 nitrogen and oxygen atoms in total. The lowest BCUT2D eigenvalue weighted by atomic mass is 10.2. The quantitative estimate of drug-likeness (QED) is 0.432. The number of aromatic nitrogens is 3. The molecular weight excluding hydrogens is 300 g/mol. The molecule has 0 unspecified atom stereocenters. The maximum Gasteiger partial charge on any atom is 0.320 e. The van der Waals surface area contributed by atoms with E-state index in [1.54, 1.807) is 6.20 Å². The van der Waals surface area contributed by atoms with Gasteiger partial charge >= 0.3 is 5.69 Å². The van der Waals surface area contributed by atoms with Crippen molar-refractivity contribution < 1.29 is 9.72 Å². The minimum atomic E-state index is -0.701. The van der Waals surface area contributed by atoms with Gasteiger partial charge in [-0.1, -0.05) is 18.2 Å². The number of nitrogens with one attached hydrogen (secondary N) is 2. The Hall–Kier alpha value is -3.49. The highest BCUT2D eigenvalue weighted by Gasteiger charge is 2.25. The Morgan fingerprint density at radius 2 is 2.26 bits per heavy atom. The third-order valence-electron chi connectivity index (χ3n) is 3.32. The van der Waals surface area contributed by atoms with Gasteiger partial charge in [0.15, 0.2) is 0 Å². The molecule has 0 radical (unpaired) electrons. The number of carbonyl (C=O) groups is 1. The third kappa shape index (κ3) is 2.67. The molecule has 0 aliphatic rings. The topological polar surface area (TPSA) is 118 Å². The van der Waals surface area contributed by atoms with Gasteiger partial charge in [-0.25, -0.2) is 5.43 Å². The van der Waals surface area contributed by atoms with Gasteiger partial charge in [0.2, 0.25) is 5.69 Å². The van der Waals surface area contributed by atoms with E-state index in [9.17, 15) is 14.9 Å². The summed E-state index contributed by atoms with van der Waals surface area (Å²) in [6, 6.07) is 7.64. The maximum atomic E-state index is 12.0. The van der Waals surface area contributed by atoms with Crippen LogP contribution in [0, 0.1) is 10.1 Å². The normalized spacial score (nSPS) is 11.2. The fourth-order valence-corrected chi connectivity index (χ4v) is 2.24. The molecule has 3 aromatic rings. The van der Waals surface area contributed by atoms with Crippen molar-refractivity contribution in [3.05, 3.63) is 58.0 Å². The summed E-state index contributed by atoms with van der Waals surface area (Å²) >= 11 is 0. The van der Waals surface area contributed by atoms with Crippen molar-refractivity contribution in [2.45, 2.75) is 0 Å². The number of hydrogen-bond donors (Lipinski definition) is 2. The second-order valence-electron chi connectivity index (χ2n) is 4.75. The Kier molecular flexibility index (Phi) is 3.59. The van der Waals surface area contributed by atoms with Crippen LogP contribution >= 0.6 is 0 Å². The molecule has 1 amide bonds. The van der Waals surface area contributed by atoms with Gasteiger partial charge in [0, 0.05) is 29.7 Å². The van der Waals surface area contributed by atoms with Crippen LogP contribution in [0.25, 0.3) is 10.9 Å². The number of hydrogen-bond acceptors (Lipinski definition) is 5. The first-order valence-electron chi connectivity index (χ1n) is 6.64. The van der Waals surface area contributed by atoms with E-state index in [-0.39, 0.29) is 11.4 Å². The van der Waals surface area contributed by atoms with Gasteiger partial charge in [-0.3, -0.25) is 19.6 Å². The molecule has 0 saturated heterocycles. The molecule has 3 rings (SSSR count). The number of aromatic amines is 1. The van der Waals surface area contributed by atoms with E-state index in [0.717, 1.165) is 27.3 Å². The zero-order valence-corrected chi connectivity index (χ0v) is 12.1. The van der Waals surface area contributed by atoms with Crippen molar-refractivity contribution in [3.63, 3.8) is 0 Å². The molecule has 0 atom stereocenters. The second kappa shape index (κ2) is 5.72. The first-order valence-corrected chi connectivity index (χ1v) is 6.64. The Morgan fingerprint density at radius 1 is 1.48 bits per heavy atom. The monoisotopic (exact) mass is 312 g/mol. The fraction of sp³-hybridized carbons (Fsp3) is 0.0714. The number of benzene rings is 1. The minimum Gasteiger partial charge on any atom is -0.361 e. The number of H-pyrrole nitrogens is 1. The predicted octanol–water partition coefficient (Wildman–Crippen LogP) is 1.57. The summed E-state index contributed by atoms with van der Waals surface area (Å²) in [4.78, 5) is 25.3. The molecule has 116 valence electrons. The molecule has 0 aliphatic heterocycles. The SMILES string of the molecule is Cn1ncc([N+](=O)[O-])c1C(=O)N/N=C\c1c[nH]c2ccccc12. The highest BCUT2D eigenvalue weighted by atomic mass is 16.6. The van der Waals surface area contributed by atoms with E-state index in [1.165, 1.54) is 13.3 Å². The number of rotatable bonds is 4. The van der Waals surface area contributed by atoms with Gasteiger partial charge < -0.3 is 4.98 Å². The summed E-state index contributed by atoms with van der Waals surface area (Å²) in [7, 11) is 1.45. The molecule has 0 saturated carbocycles.